The lowest BCUT2D eigenvalue weighted by atomic mass is 10.1. The summed E-state index contributed by atoms with van der Waals surface area (Å²) in [7, 11) is 0. The van der Waals surface area contributed by atoms with Gasteiger partial charge >= 0.3 is 0 Å². The van der Waals surface area contributed by atoms with Gasteiger partial charge in [-0.3, -0.25) is 0 Å². The molecule has 0 unspecified atom stereocenters. The van der Waals surface area contributed by atoms with E-state index in [2.05, 4.69) is 41.4 Å². The van der Waals surface area contributed by atoms with Crippen LogP contribution in [-0.4, -0.2) is 15.3 Å². The van der Waals surface area contributed by atoms with Gasteiger partial charge in [-0.15, -0.1) is 10.2 Å². The fraction of sp³-hybridized carbons (Fsp3) is 0.333. The lowest BCUT2D eigenvalue weighted by Gasteiger charge is -1.99. The first kappa shape index (κ1) is 11.2. The van der Waals surface area contributed by atoms with E-state index in [1.165, 1.54) is 22.5 Å². The molecule has 0 radical (unpaired) electrons. The largest absolute Gasteiger partial charge is 0.389 e. The fourth-order valence-electron chi connectivity index (χ4n) is 1.46. The van der Waals surface area contributed by atoms with Crippen molar-refractivity contribution >= 4 is 11.3 Å². The summed E-state index contributed by atoms with van der Waals surface area (Å²) >= 11 is 1.48. The molecule has 4 heteroatoms. The molecule has 16 heavy (non-hydrogen) atoms. The molecule has 0 atom stereocenters. The minimum atomic E-state index is -0.0117. The van der Waals surface area contributed by atoms with E-state index in [0.29, 0.717) is 5.01 Å². The van der Waals surface area contributed by atoms with Crippen molar-refractivity contribution in [2.75, 3.05) is 0 Å². The maximum Gasteiger partial charge on any atom is 0.143 e. The minimum Gasteiger partial charge on any atom is -0.389 e. The number of aliphatic hydroxyl groups excluding tert-OH is 1. The Labute approximate surface area is 98.8 Å². The van der Waals surface area contributed by atoms with Crippen molar-refractivity contribution < 1.29 is 5.11 Å². The zero-order valence-electron chi connectivity index (χ0n) is 9.18. The first-order valence-electron chi connectivity index (χ1n) is 5.25. The molecule has 0 saturated heterocycles. The number of aryl methyl sites for hydroxylation is 3. The smallest absolute Gasteiger partial charge is 0.143 e. The van der Waals surface area contributed by atoms with Gasteiger partial charge in [0.25, 0.3) is 0 Å². The van der Waals surface area contributed by atoms with Crippen LogP contribution in [0.1, 0.15) is 21.1 Å². The van der Waals surface area contributed by atoms with Crippen molar-refractivity contribution in [1.82, 2.24) is 10.2 Å². The molecule has 1 N–H and O–H groups in total. The van der Waals surface area contributed by atoms with Crippen LogP contribution in [0, 0.1) is 6.92 Å². The average molecular weight is 234 g/mol. The molecule has 84 valence electrons. The summed E-state index contributed by atoms with van der Waals surface area (Å²) in [5, 5.41) is 18.5. The van der Waals surface area contributed by atoms with Crippen LogP contribution in [0.2, 0.25) is 0 Å². The van der Waals surface area contributed by atoms with Gasteiger partial charge in [-0.2, -0.15) is 0 Å². The van der Waals surface area contributed by atoms with Gasteiger partial charge in [0, 0.05) is 6.42 Å². The molecule has 0 amide bonds. The van der Waals surface area contributed by atoms with Crippen LogP contribution in [0.4, 0.5) is 0 Å². The second kappa shape index (κ2) is 5.18. The van der Waals surface area contributed by atoms with Crippen LogP contribution >= 0.6 is 11.3 Å². The van der Waals surface area contributed by atoms with Gasteiger partial charge in [-0.25, -0.2) is 0 Å². The van der Waals surface area contributed by atoms with E-state index in [4.69, 9.17) is 5.11 Å². The zero-order valence-corrected chi connectivity index (χ0v) is 10.00. The number of rotatable bonds is 4. The second-order valence-corrected chi connectivity index (χ2v) is 4.88. The summed E-state index contributed by atoms with van der Waals surface area (Å²) < 4.78 is 0. The van der Waals surface area contributed by atoms with Crippen molar-refractivity contribution in [3.05, 3.63) is 45.4 Å². The third kappa shape index (κ3) is 2.87. The van der Waals surface area contributed by atoms with Crippen LogP contribution in [0.3, 0.4) is 0 Å². The van der Waals surface area contributed by atoms with Crippen molar-refractivity contribution in [3.8, 4) is 0 Å². The molecule has 0 spiro atoms. The minimum absolute atomic E-state index is 0.0117. The predicted molar refractivity (Wildman–Crippen MR) is 64.4 cm³/mol. The van der Waals surface area contributed by atoms with E-state index in [1.807, 2.05) is 0 Å². The molecule has 1 aromatic heterocycles. The first-order valence-corrected chi connectivity index (χ1v) is 6.07. The monoisotopic (exact) mass is 234 g/mol. The molecule has 0 bridgehead atoms. The lowest BCUT2D eigenvalue weighted by Crippen LogP contribution is -1.90. The van der Waals surface area contributed by atoms with E-state index in [1.54, 1.807) is 0 Å². The number of hydrogen-bond acceptors (Lipinski definition) is 4. The standard InChI is InChI=1S/C12H14N2OS/c1-9-2-4-10(5-3-9)6-7-11-13-14-12(8-15)16-11/h2-5,15H,6-8H2,1H3. The number of nitrogens with zero attached hydrogens (tertiary/aromatic N) is 2. The van der Waals surface area contributed by atoms with E-state index in [0.717, 1.165) is 17.8 Å². The molecular formula is C12H14N2OS. The summed E-state index contributed by atoms with van der Waals surface area (Å²) in [5.41, 5.74) is 2.59. The molecule has 1 aromatic carbocycles. The number of benzene rings is 1. The second-order valence-electron chi connectivity index (χ2n) is 3.73. The molecule has 0 aliphatic heterocycles. The summed E-state index contributed by atoms with van der Waals surface area (Å²) in [4.78, 5) is 0. The van der Waals surface area contributed by atoms with Crippen molar-refractivity contribution in [3.63, 3.8) is 0 Å². The highest BCUT2D eigenvalue weighted by Crippen LogP contribution is 2.13. The number of hydrogen-bond donors (Lipinski definition) is 1. The quantitative estimate of drug-likeness (QED) is 0.881. The Bertz CT molecular complexity index is 450. The van der Waals surface area contributed by atoms with E-state index < -0.39 is 0 Å². The summed E-state index contributed by atoms with van der Waals surface area (Å²) in [6.45, 7) is 2.07. The average Bonchev–Trinajstić information content (AvgIpc) is 2.76. The van der Waals surface area contributed by atoms with Gasteiger partial charge in [0.2, 0.25) is 0 Å². The Morgan fingerprint density at radius 3 is 2.38 bits per heavy atom. The molecular weight excluding hydrogens is 220 g/mol. The molecule has 2 rings (SSSR count). The maximum absolute atomic E-state index is 8.87. The van der Waals surface area contributed by atoms with Gasteiger partial charge in [0.05, 0.1) is 6.61 Å². The van der Waals surface area contributed by atoms with Gasteiger partial charge in [0.1, 0.15) is 10.0 Å². The van der Waals surface area contributed by atoms with Crippen LogP contribution in [-0.2, 0) is 19.4 Å². The highest BCUT2D eigenvalue weighted by molar-refractivity contribution is 7.11. The van der Waals surface area contributed by atoms with Crippen LogP contribution < -0.4 is 0 Å². The first-order chi connectivity index (χ1) is 7.78. The van der Waals surface area contributed by atoms with Gasteiger partial charge in [-0.05, 0) is 18.9 Å². The highest BCUT2D eigenvalue weighted by atomic mass is 32.1. The SMILES string of the molecule is Cc1ccc(CCc2nnc(CO)s2)cc1. The van der Waals surface area contributed by atoms with Crippen molar-refractivity contribution in [1.29, 1.82) is 0 Å². The summed E-state index contributed by atoms with van der Waals surface area (Å²) in [5.74, 6) is 0. The molecule has 1 heterocycles. The van der Waals surface area contributed by atoms with Crippen molar-refractivity contribution in [2.45, 2.75) is 26.4 Å². The fourth-order valence-corrected chi connectivity index (χ4v) is 2.16. The Balaban J connectivity index is 1.94. The van der Waals surface area contributed by atoms with Crippen LogP contribution in [0.15, 0.2) is 24.3 Å². The van der Waals surface area contributed by atoms with Gasteiger partial charge in [-0.1, -0.05) is 41.2 Å². The van der Waals surface area contributed by atoms with E-state index in [9.17, 15) is 0 Å². The molecule has 0 fully saturated rings. The number of aromatic nitrogens is 2. The number of aliphatic hydroxyl groups is 1. The summed E-state index contributed by atoms with van der Waals surface area (Å²) in [6, 6.07) is 8.52. The third-order valence-corrected chi connectivity index (χ3v) is 3.36. The van der Waals surface area contributed by atoms with E-state index >= 15 is 0 Å². The molecule has 3 nitrogen and oxygen atoms in total. The van der Waals surface area contributed by atoms with Gasteiger partial charge < -0.3 is 5.11 Å². The molecule has 0 saturated carbocycles. The molecule has 0 aliphatic rings. The zero-order chi connectivity index (χ0) is 11.4. The normalized spacial score (nSPS) is 10.6. The maximum atomic E-state index is 8.87. The molecule has 0 aliphatic carbocycles. The highest BCUT2D eigenvalue weighted by Gasteiger charge is 2.03. The molecule has 2 aromatic rings. The van der Waals surface area contributed by atoms with E-state index in [-0.39, 0.29) is 6.61 Å². The van der Waals surface area contributed by atoms with Gasteiger partial charge in [0.15, 0.2) is 0 Å². The topological polar surface area (TPSA) is 46.0 Å². The van der Waals surface area contributed by atoms with Crippen molar-refractivity contribution in [2.24, 2.45) is 0 Å². The third-order valence-electron chi connectivity index (χ3n) is 2.39. The van der Waals surface area contributed by atoms with Crippen LogP contribution in [0.5, 0.6) is 0 Å². The Morgan fingerprint density at radius 2 is 1.75 bits per heavy atom. The van der Waals surface area contributed by atoms with Crippen LogP contribution in [0.25, 0.3) is 0 Å². The Morgan fingerprint density at radius 1 is 1.06 bits per heavy atom. The lowest BCUT2D eigenvalue weighted by molar-refractivity contribution is 0.280. The predicted octanol–water partition coefficient (Wildman–Crippen LogP) is 2.12. The Kier molecular flexibility index (Phi) is 3.64. The Hall–Kier alpha value is -1.26. The summed E-state index contributed by atoms with van der Waals surface area (Å²) in [6.07, 6.45) is 1.86.